The smallest absolute Gasteiger partial charge is 0.173 e. The predicted molar refractivity (Wildman–Crippen MR) is 79.1 cm³/mol. The van der Waals surface area contributed by atoms with Gasteiger partial charge in [0.15, 0.2) is 11.6 Å². The summed E-state index contributed by atoms with van der Waals surface area (Å²) in [6.07, 6.45) is -1.18. The fourth-order valence-corrected chi connectivity index (χ4v) is 2.76. The summed E-state index contributed by atoms with van der Waals surface area (Å²) in [5, 5.41) is 11.2. The van der Waals surface area contributed by atoms with E-state index < -0.39 is 17.7 Å². The molecule has 0 saturated heterocycles. The molecule has 0 bridgehead atoms. The van der Waals surface area contributed by atoms with Crippen molar-refractivity contribution in [2.75, 3.05) is 0 Å². The van der Waals surface area contributed by atoms with Gasteiger partial charge in [-0.25, -0.2) is 8.78 Å². The van der Waals surface area contributed by atoms with E-state index in [9.17, 15) is 13.9 Å². The number of aliphatic hydroxyl groups excluding tert-OH is 1. The summed E-state index contributed by atoms with van der Waals surface area (Å²) in [5.74, 6) is -1.72. The summed E-state index contributed by atoms with van der Waals surface area (Å²) < 4.78 is 32.2. The highest BCUT2D eigenvalue weighted by Crippen LogP contribution is 2.34. The first-order valence-electron chi connectivity index (χ1n) is 6.29. The van der Waals surface area contributed by atoms with Crippen LogP contribution in [0.15, 0.2) is 45.3 Å². The molecule has 0 radical (unpaired) electrons. The minimum atomic E-state index is -1.18. The number of hydrogen-bond acceptors (Lipinski definition) is 2. The van der Waals surface area contributed by atoms with Crippen molar-refractivity contribution in [3.05, 3.63) is 69.4 Å². The zero-order valence-electron chi connectivity index (χ0n) is 11.0. The molecule has 108 valence electrons. The molecule has 21 heavy (non-hydrogen) atoms. The first kappa shape index (κ1) is 14.2. The van der Waals surface area contributed by atoms with Crippen molar-refractivity contribution >= 4 is 26.9 Å². The SMILES string of the molecule is Cc1ccc2oc(C(O)c3ccc(F)c(F)c3Br)cc2c1. The number of furan rings is 1. The van der Waals surface area contributed by atoms with E-state index in [2.05, 4.69) is 15.9 Å². The van der Waals surface area contributed by atoms with E-state index in [1.165, 1.54) is 6.07 Å². The zero-order chi connectivity index (χ0) is 15.1. The highest BCUT2D eigenvalue weighted by molar-refractivity contribution is 9.10. The molecule has 0 aliphatic carbocycles. The quantitative estimate of drug-likeness (QED) is 0.668. The van der Waals surface area contributed by atoms with E-state index in [-0.39, 0.29) is 15.8 Å². The van der Waals surface area contributed by atoms with Gasteiger partial charge in [-0.2, -0.15) is 0 Å². The second kappa shape index (κ2) is 5.24. The van der Waals surface area contributed by atoms with E-state index in [4.69, 9.17) is 4.42 Å². The Kier molecular flexibility index (Phi) is 3.55. The van der Waals surface area contributed by atoms with Crippen LogP contribution in [0.3, 0.4) is 0 Å². The first-order chi connectivity index (χ1) is 9.97. The molecule has 5 heteroatoms. The Morgan fingerprint density at radius 3 is 2.67 bits per heavy atom. The number of hydrogen-bond donors (Lipinski definition) is 1. The molecule has 0 aliphatic heterocycles. The Morgan fingerprint density at radius 1 is 1.14 bits per heavy atom. The maximum absolute atomic E-state index is 13.6. The number of fused-ring (bicyclic) bond motifs is 1. The Hall–Kier alpha value is -1.72. The van der Waals surface area contributed by atoms with Crippen LogP contribution in [0.1, 0.15) is 23.0 Å². The second-order valence-electron chi connectivity index (χ2n) is 4.86. The lowest BCUT2D eigenvalue weighted by Crippen LogP contribution is -2.01. The maximum Gasteiger partial charge on any atom is 0.173 e. The highest BCUT2D eigenvalue weighted by atomic mass is 79.9. The lowest BCUT2D eigenvalue weighted by Gasteiger charge is -2.11. The molecular formula is C16H11BrF2O2. The molecule has 1 atom stereocenters. The Balaban J connectivity index is 2.08. The number of benzene rings is 2. The van der Waals surface area contributed by atoms with Crippen molar-refractivity contribution in [1.82, 2.24) is 0 Å². The van der Waals surface area contributed by atoms with E-state index in [0.29, 0.717) is 5.58 Å². The molecule has 0 saturated carbocycles. The number of rotatable bonds is 2. The lowest BCUT2D eigenvalue weighted by atomic mass is 10.1. The van der Waals surface area contributed by atoms with E-state index in [0.717, 1.165) is 17.0 Å². The van der Waals surface area contributed by atoms with E-state index in [1.807, 2.05) is 19.1 Å². The zero-order valence-corrected chi connectivity index (χ0v) is 12.6. The van der Waals surface area contributed by atoms with Gasteiger partial charge in [0.2, 0.25) is 0 Å². The van der Waals surface area contributed by atoms with Crippen LogP contribution in [0.2, 0.25) is 0 Å². The minimum absolute atomic E-state index is 0.105. The molecule has 2 nitrogen and oxygen atoms in total. The van der Waals surface area contributed by atoms with Gasteiger partial charge in [-0.05, 0) is 47.1 Å². The number of halogens is 3. The molecule has 2 aromatic carbocycles. The molecule has 3 rings (SSSR count). The number of aryl methyl sites for hydroxylation is 1. The summed E-state index contributed by atoms with van der Waals surface area (Å²) in [4.78, 5) is 0. The summed E-state index contributed by atoms with van der Waals surface area (Å²) in [6.45, 7) is 1.95. The summed E-state index contributed by atoms with van der Waals surface area (Å²) in [6, 6.07) is 9.63. The summed E-state index contributed by atoms with van der Waals surface area (Å²) >= 11 is 2.97. The van der Waals surface area contributed by atoms with Crippen molar-refractivity contribution in [2.45, 2.75) is 13.0 Å². The maximum atomic E-state index is 13.6. The van der Waals surface area contributed by atoms with Gasteiger partial charge < -0.3 is 9.52 Å². The largest absolute Gasteiger partial charge is 0.458 e. The lowest BCUT2D eigenvalue weighted by molar-refractivity contribution is 0.191. The van der Waals surface area contributed by atoms with Gasteiger partial charge in [0.05, 0.1) is 4.47 Å². The molecule has 1 aromatic heterocycles. The molecule has 1 heterocycles. The molecule has 1 unspecified atom stereocenters. The Labute approximate surface area is 128 Å². The van der Waals surface area contributed by atoms with Gasteiger partial charge in [-0.15, -0.1) is 0 Å². The molecule has 0 aliphatic rings. The Morgan fingerprint density at radius 2 is 1.90 bits per heavy atom. The summed E-state index contributed by atoms with van der Waals surface area (Å²) in [7, 11) is 0. The topological polar surface area (TPSA) is 33.4 Å². The average molecular weight is 353 g/mol. The Bertz CT molecular complexity index is 827. The van der Waals surface area contributed by atoms with Gasteiger partial charge >= 0.3 is 0 Å². The standard InChI is InChI=1S/C16H11BrF2O2/c1-8-2-5-12-9(6-8)7-13(21-12)16(20)10-3-4-11(18)15(19)14(10)17/h2-7,16,20H,1H3. The molecule has 1 N–H and O–H groups in total. The molecule has 0 spiro atoms. The van der Waals surface area contributed by atoms with Crippen LogP contribution in [0.4, 0.5) is 8.78 Å². The van der Waals surface area contributed by atoms with Crippen LogP contribution in [0.5, 0.6) is 0 Å². The normalized spacial score (nSPS) is 12.8. The molecule has 0 amide bonds. The highest BCUT2D eigenvalue weighted by Gasteiger charge is 2.21. The molecule has 0 fully saturated rings. The van der Waals surface area contributed by atoms with Crippen LogP contribution < -0.4 is 0 Å². The van der Waals surface area contributed by atoms with E-state index in [1.54, 1.807) is 12.1 Å². The van der Waals surface area contributed by atoms with Gasteiger partial charge in [0.1, 0.15) is 17.4 Å². The van der Waals surface area contributed by atoms with Crippen molar-refractivity contribution in [1.29, 1.82) is 0 Å². The van der Waals surface area contributed by atoms with Gasteiger partial charge in [0.25, 0.3) is 0 Å². The molecular weight excluding hydrogens is 342 g/mol. The van der Waals surface area contributed by atoms with Crippen LogP contribution in [0.25, 0.3) is 11.0 Å². The first-order valence-corrected chi connectivity index (χ1v) is 7.08. The van der Waals surface area contributed by atoms with Crippen molar-refractivity contribution in [3.63, 3.8) is 0 Å². The fraction of sp³-hybridized carbons (Fsp3) is 0.125. The van der Waals surface area contributed by atoms with Crippen molar-refractivity contribution in [3.8, 4) is 0 Å². The predicted octanol–water partition coefficient (Wildman–Crippen LogP) is 4.86. The fourth-order valence-electron chi connectivity index (χ4n) is 2.22. The number of aliphatic hydroxyl groups is 1. The van der Waals surface area contributed by atoms with Gasteiger partial charge in [-0.3, -0.25) is 0 Å². The third-order valence-electron chi connectivity index (χ3n) is 3.32. The van der Waals surface area contributed by atoms with E-state index >= 15 is 0 Å². The summed E-state index contributed by atoms with van der Waals surface area (Å²) in [5.41, 5.74) is 1.91. The van der Waals surface area contributed by atoms with Crippen molar-refractivity contribution in [2.24, 2.45) is 0 Å². The van der Waals surface area contributed by atoms with Crippen LogP contribution >= 0.6 is 15.9 Å². The molecule has 3 aromatic rings. The second-order valence-corrected chi connectivity index (χ2v) is 5.65. The van der Waals surface area contributed by atoms with Gasteiger partial charge in [0, 0.05) is 10.9 Å². The third kappa shape index (κ3) is 2.47. The van der Waals surface area contributed by atoms with Gasteiger partial charge in [-0.1, -0.05) is 17.7 Å². The van der Waals surface area contributed by atoms with Crippen LogP contribution in [0, 0.1) is 18.6 Å². The van der Waals surface area contributed by atoms with Crippen molar-refractivity contribution < 1.29 is 18.3 Å². The van der Waals surface area contributed by atoms with Crippen LogP contribution in [-0.2, 0) is 0 Å². The minimum Gasteiger partial charge on any atom is -0.458 e. The monoisotopic (exact) mass is 352 g/mol. The third-order valence-corrected chi connectivity index (χ3v) is 4.13. The van der Waals surface area contributed by atoms with Crippen LogP contribution in [-0.4, -0.2) is 5.11 Å². The average Bonchev–Trinajstić information content (AvgIpc) is 2.87.